The van der Waals surface area contributed by atoms with Crippen molar-refractivity contribution in [2.24, 2.45) is 0 Å². The SMILES string of the molecule is COc1nc(-c2cccc(-c3cccc(-c4cnc([C@@H](C)N[S@+]([O-])C(C)(C)C)c(OC)n4)c3Cl)c2Cl)cnc1CNCC1CCC(=O)N1. The molecule has 1 fully saturated rings. The Labute approximate surface area is 293 Å². The van der Waals surface area contributed by atoms with E-state index < -0.39 is 16.1 Å². The molecule has 14 heteroatoms. The van der Waals surface area contributed by atoms with Gasteiger partial charge in [0.15, 0.2) is 0 Å². The lowest BCUT2D eigenvalue weighted by Gasteiger charge is -2.26. The Kier molecular flexibility index (Phi) is 11.4. The van der Waals surface area contributed by atoms with Gasteiger partial charge in [-0.3, -0.25) is 14.8 Å². The minimum Gasteiger partial charge on any atom is -0.598 e. The Balaban J connectivity index is 1.40. The molecule has 48 heavy (non-hydrogen) atoms. The van der Waals surface area contributed by atoms with E-state index in [9.17, 15) is 9.35 Å². The Morgan fingerprint density at radius 3 is 2.06 bits per heavy atom. The molecule has 2 aromatic heterocycles. The predicted octanol–water partition coefficient (Wildman–Crippen LogP) is 6.07. The molecule has 0 spiro atoms. The zero-order chi connectivity index (χ0) is 34.6. The molecule has 2 aromatic carbocycles. The first kappa shape index (κ1) is 35.8. The van der Waals surface area contributed by atoms with E-state index in [1.165, 1.54) is 7.11 Å². The number of hydrogen-bond acceptors (Lipinski definition) is 10. The number of carbonyl (C=O) groups excluding carboxylic acids is 1. The van der Waals surface area contributed by atoms with Crippen molar-refractivity contribution in [1.82, 2.24) is 35.3 Å². The number of amides is 1. The molecule has 5 rings (SSSR count). The van der Waals surface area contributed by atoms with E-state index in [0.717, 1.165) is 6.42 Å². The van der Waals surface area contributed by atoms with Crippen LogP contribution in [0.4, 0.5) is 0 Å². The van der Waals surface area contributed by atoms with Crippen LogP contribution in [0.1, 0.15) is 58.0 Å². The Morgan fingerprint density at radius 1 is 0.958 bits per heavy atom. The number of rotatable bonds is 12. The number of aromatic nitrogens is 4. The fourth-order valence-electron chi connectivity index (χ4n) is 5.23. The number of halogens is 2. The molecule has 1 unspecified atom stereocenters. The summed E-state index contributed by atoms with van der Waals surface area (Å²) in [5.41, 5.74) is 4.92. The lowest BCUT2D eigenvalue weighted by atomic mass is 9.98. The van der Waals surface area contributed by atoms with E-state index in [4.69, 9.17) is 42.6 Å². The number of ether oxygens (including phenoxy) is 2. The highest BCUT2D eigenvalue weighted by Gasteiger charge is 2.30. The smallest absolute Gasteiger partial charge is 0.237 e. The molecule has 0 bridgehead atoms. The molecule has 4 aromatic rings. The summed E-state index contributed by atoms with van der Waals surface area (Å²) in [6, 6.07) is 11.0. The van der Waals surface area contributed by atoms with E-state index in [0.29, 0.717) is 86.3 Å². The summed E-state index contributed by atoms with van der Waals surface area (Å²) in [5.74, 6) is 0.757. The molecule has 254 valence electrons. The van der Waals surface area contributed by atoms with Crippen LogP contribution in [-0.2, 0) is 22.7 Å². The summed E-state index contributed by atoms with van der Waals surface area (Å²) < 4.78 is 26.5. The maximum absolute atomic E-state index is 12.7. The number of nitrogens with one attached hydrogen (secondary N) is 3. The molecule has 1 saturated heterocycles. The molecule has 1 amide bonds. The van der Waals surface area contributed by atoms with E-state index >= 15 is 0 Å². The monoisotopic (exact) mass is 711 g/mol. The van der Waals surface area contributed by atoms with Gasteiger partial charge in [0.25, 0.3) is 0 Å². The van der Waals surface area contributed by atoms with Crippen molar-refractivity contribution >= 4 is 40.5 Å². The van der Waals surface area contributed by atoms with Crippen molar-refractivity contribution in [3.8, 4) is 45.4 Å². The molecule has 3 atom stereocenters. The maximum atomic E-state index is 12.7. The number of hydrogen-bond donors (Lipinski definition) is 3. The van der Waals surface area contributed by atoms with Crippen molar-refractivity contribution in [3.63, 3.8) is 0 Å². The lowest BCUT2D eigenvalue weighted by molar-refractivity contribution is -0.119. The van der Waals surface area contributed by atoms with Crippen molar-refractivity contribution in [2.75, 3.05) is 20.8 Å². The lowest BCUT2D eigenvalue weighted by Crippen LogP contribution is -2.40. The normalized spacial score (nSPS) is 16.0. The van der Waals surface area contributed by atoms with Crippen molar-refractivity contribution in [1.29, 1.82) is 0 Å². The number of benzene rings is 2. The number of nitrogens with zero attached hydrogens (tertiary/aromatic N) is 4. The minimum atomic E-state index is -1.31. The molecule has 0 aliphatic carbocycles. The number of carbonyl (C=O) groups is 1. The topological polar surface area (TPSA) is 146 Å². The van der Waals surface area contributed by atoms with Crippen LogP contribution in [0.25, 0.3) is 33.6 Å². The van der Waals surface area contributed by atoms with Gasteiger partial charge >= 0.3 is 0 Å². The molecule has 1 aliphatic rings. The molecule has 3 heterocycles. The zero-order valence-corrected chi connectivity index (χ0v) is 30.0. The van der Waals surface area contributed by atoms with Crippen molar-refractivity contribution in [3.05, 3.63) is 70.2 Å². The second-order valence-electron chi connectivity index (χ2n) is 12.3. The fourth-order valence-corrected chi connectivity index (χ4v) is 6.67. The third-order valence-corrected chi connectivity index (χ3v) is 10.3. The first-order chi connectivity index (χ1) is 22.9. The quantitative estimate of drug-likeness (QED) is 0.148. The van der Waals surface area contributed by atoms with Crippen LogP contribution >= 0.6 is 23.2 Å². The molecular formula is C34H39Cl2N7O4S. The first-order valence-electron chi connectivity index (χ1n) is 15.5. The average molecular weight is 713 g/mol. The summed E-state index contributed by atoms with van der Waals surface area (Å²) in [5, 5.41) is 7.15. The highest BCUT2D eigenvalue weighted by atomic mass is 35.5. The Bertz CT molecular complexity index is 1790. The van der Waals surface area contributed by atoms with Crippen LogP contribution in [0.2, 0.25) is 10.0 Å². The van der Waals surface area contributed by atoms with E-state index in [-0.39, 0.29) is 18.0 Å². The van der Waals surface area contributed by atoms with E-state index in [1.807, 2.05) is 64.1 Å². The van der Waals surface area contributed by atoms with Crippen LogP contribution in [0.3, 0.4) is 0 Å². The third-order valence-electron chi connectivity index (χ3n) is 7.82. The summed E-state index contributed by atoms with van der Waals surface area (Å²) in [6.45, 7) is 8.61. The van der Waals surface area contributed by atoms with Crippen LogP contribution in [-0.4, -0.2) is 61.9 Å². The molecular weight excluding hydrogens is 673 g/mol. The van der Waals surface area contributed by atoms with Crippen LogP contribution in [0.15, 0.2) is 48.8 Å². The summed E-state index contributed by atoms with van der Waals surface area (Å²) in [6.07, 6.45) is 4.65. The van der Waals surface area contributed by atoms with E-state index in [2.05, 4.69) is 25.3 Å². The Hall–Kier alpha value is -3.52. The molecule has 0 saturated carbocycles. The van der Waals surface area contributed by atoms with Crippen molar-refractivity contribution in [2.45, 2.75) is 63.9 Å². The largest absolute Gasteiger partial charge is 0.598 e. The summed E-state index contributed by atoms with van der Waals surface area (Å²) in [7, 11) is 3.07. The predicted molar refractivity (Wildman–Crippen MR) is 189 cm³/mol. The van der Waals surface area contributed by atoms with Gasteiger partial charge in [0.05, 0.1) is 54.1 Å². The van der Waals surface area contributed by atoms with E-state index in [1.54, 1.807) is 19.5 Å². The number of methoxy groups -OCH3 is 2. The summed E-state index contributed by atoms with van der Waals surface area (Å²) >= 11 is 12.8. The second-order valence-corrected chi connectivity index (χ2v) is 15.1. The van der Waals surface area contributed by atoms with Crippen LogP contribution in [0, 0.1) is 0 Å². The van der Waals surface area contributed by atoms with Gasteiger partial charge in [0.2, 0.25) is 17.7 Å². The molecule has 0 radical (unpaired) electrons. The van der Waals surface area contributed by atoms with Gasteiger partial charge in [-0.25, -0.2) is 9.97 Å². The van der Waals surface area contributed by atoms with Gasteiger partial charge in [-0.2, -0.15) is 0 Å². The second kappa shape index (κ2) is 15.4. The highest BCUT2D eigenvalue weighted by Crippen LogP contribution is 2.42. The third kappa shape index (κ3) is 8.02. The first-order valence-corrected chi connectivity index (χ1v) is 17.4. The molecule has 1 aliphatic heterocycles. The van der Waals surface area contributed by atoms with Gasteiger partial charge < -0.3 is 24.7 Å². The van der Waals surface area contributed by atoms with Gasteiger partial charge in [-0.15, -0.1) is 4.72 Å². The highest BCUT2D eigenvalue weighted by molar-refractivity contribution is 7.90. The van der Waals surface area contributed by atoms with Gasteiger partial charge in [0.1, 0.15) is 16.1 Å². The maximum Gasteiger partial charge on any atom is 0.237 e. The Morgan fingerprint density at radius 2 is 1.52 bits per heavy atom. The fraction of sp³-hybridized carbons (Fsp3) is 0.382. The summed E-state index contributed by atoms with van der Waals surface area (Å²) in [4.78, 5) is 30.1. The van der Waals surface area contributed by atoms with Crippen molar-refractivity contribution < 1.29 is 18.8 Å². The van der Waals surface area contributed by atoms with Gasteiger partial charge in [-0.1, -0.05) is 59.6 Å². The minimum absolute atomic E-state index is 0.0775. The van der Waals surface area contributed by atoms with Crippen LogP contribution in [0.5, 0.6) is 11.8 Å². The molecule has 3 N–H and O–H groups in total. The molecule has 11 nitrogen and oxygen atoms in total. The zero-order valence-electron chi connectivity index (χ0n) is 27.7. The average Bonchev–Trinajstić information content (AvgIpc) is 3.49. The van der Waals surface area contributed by atoms with Gasteiger partial charge in [0, 0.05) is 59.2 Å². The standard InChI is InChI=1S/C34H39Cl2N7O4S/c1-19(43-48(45)34(2,3)4)31-33(47-6)42-26(18-39-31)24-12-8-10-22(30(24)36)21-9-7-11-23(29(21)35)25-17-38-27(32(41-25)46-5)16-37-15-20-13-14-28(44)40-20/h7-12,17-20,37,43H,13-16H2,1-6H3,(H,40,44)/t19-,20?,48-/m1/s1. The van der Waals surface area contributed by atoms with Crippen LogP contribution < -0.4 is 24.8 Å². The van der Waals surface area contributed by atoms with Gasteiger partial charge in [-0.05, 0) is 34.1 Å².